The van der Waals surface area contributed by atoms with E-state index < -0.39 is 0 Å². The number of nitrogens with zero attached hydrogens (tertiary/aromatic N) is 3. The molecule has 0 aliphatic rings. The Kier molecular flexibility index (Phi) is 3.71. The molecule has 0 atom stereocenters. The van der Waals surface area contributed by atoms with Gasteiger partial charge in [-0.3, -0.25) is 0 Å². The molecule has 2 aromatic rings. The molecule has 0 radical (unpaired) electrons. The van der Waals surface area contributed by atoms with Crippen molar-refractivity contribution in [2.24, 2.45) is 0 Å². The monoisotopic (exact) mass is 250 g/mol. The lowest BCUT2D eigenvalue weighted by Crippen LogP contribution is -2.09. The van der Waals surface area contributed by atoms with Gasteiger partial charge in [-0.15, -0.1) is 11.3 Å². The Balaban J connectivity index is 1.92. The van der Waals surface area contributed by atoms with Gasteiger partial charge in [0, 0.05) is 31.5 Å². The molecule has 0 aromatic carbocycles. The Bertz CT molecular complexity index is 470. The molecule has 2 aromatic heterocycles. The van der Waals surface area contributed by atoms with Gasteiger partial charge in [-0.2, -0.15) is 9.97 Å². The van der Waals surface area contributed by atoms with E-state index in [1.165, 1.54) is 0 Å². The van der Waals surface area contributed by atoms with Crippen LogP contribution in [0.15, 0.2) is 17.0 Å². The second-order valence-corrected chi connectivity index (χ2v) is 4.12. The largest absolute Gasteiger partial charge is 0.373 e. The van der Waals surface area contributed by atoms with Gasteiger partial charge in [-0.25, -0.2) is 4.98 Å². The van der Waals surface area contributed by atoms with Crippen LogP contribution in [0.3, 0.4) is 0 Å². The Morgan fingerprint density at radius 1 is 1.35 bits per heavy atom. The first-order valence-electron chi connectivity index (χ1n) is 5.21. The summed E-state index contributed by atoms with van der Waals surface area (Å²) < 4.78 is 0. The van der Waals surface area contributed by atoms with Gasteiger partial charge in [0.2, 0.25) is 5.95 Å². The van der Waals surface area contributed by atoms with E-state index >= 15 is 0 Å². The predicted octanol–water partition coefficient (Wildman–Crippen LogP) is 1.21. The number of nitrogens with one attached hydrogen (secondary N) is 2. The SMILES string of the molecule is CNc1cc(NCCc2cscn2)nc(N)n1. The molecule has 0 amide bonds. The van der Waals surface area contributed by atoms with Gasteiger partial charge in [0.25, 0.3) is 0 Å². The van der Waals surface area contributed by atoms with E-state index in [0.717, 1.165) is 24.5 Å². The maximum absolute atomic E-state index is 5.59. The smallest absolute Gasteiger partial charge is 0.223 e. The van der Waals surface area contributed by atoms with Crippen LogP contribution in [-0.2, 0) is 6.42 Å². The van der Waals surface area contributed by atoms with Gasteiger partial charge in [0.1, 0.15) is 11.6 Å². The second kappa shape index (κ2) is 5.44. The van der Waals surface area contributed by atoms with Crippen molar-refractivity contribution in [1.29, 1.82) is 0 Å². The van der Waals surface area contributed by atoms with E-state index in [9.17, 15) is 0 Å². The summed E-state index contributed by atoms with van der Waals surface area (Å²) >= 11 is 1.60. The highest BCUT2D eigenvalue weighted by Crippen LogP contribution is 2.11. The van der Waals surface area contributed by atoms with E-state index in [4.69, 9.17) is 5.73 Å². The molecule has 90 valence electrons. The fourth-order valence-corrected chi connectivity index (χ4v) is 1.96. The normalized spacial score (nSPS) is 10.2. The highest BCUT2D eigenvalue weighted by molar-refractivity contribution is 7.07. The molecule has 0 saturated heterocycles. The zero-order chi connectivity index (χ0) is 12.1. The molecule has 0 bridgehead atoms. The number of nitrogen functional groups attached to an aromatic ring is 1. The Hall–Kier alpha value is -1.89. The summed E-state index contributed by atoms with van der Waals surface area (Å²) in [6.07, 6.45) is 0.863. The standard InChI is InChI=1S/C10H14N6S/c1-12-8-4-9(16-10(11)15-8)13-3-2-7-5-17-6-14-7/h4-6H,2-3H2,1H3,(H4,11,12,13,15,16). The summed E-state index contributed by atoms with van der Waals surface area (Å²) in [5.74, 6) is 1.68. The first kappa shape index (κ1) is 11.6. The number of hydrogen-bond acceptors (Lipinski definition) is 7. The molecule has 4 N–H and O–H groups in total. The van der Waals surface area contributed by atoms with E-state index in [-0.39, 0.29) is 5.95 Å². The first-order valence-corrected chi connectivity index (χ1v) is 6.15. The minimum absolute atomic E-state index is 0.257. The van der Waals surface area contributed by atoms with Gasteiger partial charge < -0.3 is 16.4 Å². The molecule has 2 heterocycles. The van der Waals surface area contributed by atoms with Crippen LogP contribution < -0.4 is 16.4 Å². The van der Waals surface area contributed by atoms with Crippen LogP contribution in [0, 0.1) is 0 Å². The summed E-state index contributed by atoms with van der Waals surface area (Å²) in [6, 6.07) is 1.82. The van der Waals surface area contributed by atoms with Crippen molar-refractivity contribution < 1.29 is 0 Å². The topological polar surface area (TPSA) is 88.8 Å². The number of hydrogen-bond donors (Lipinski definition) is 3. The van der Waals surface area contributed by atoms with E-state index in [1.807, 2.05) is 17.0 Å². The van der Waals surface area contributed by atoms with Gasteiger partial charge in [-0.05, 0) is 0 Å². The molecule has 0 fully saturated rings. The molecular weight excluding hydrogens is 236 g/mol. The average molecular weight is 250 g/mol. The Morgan fingerprint density at radius 2 is 2.18 bits per heavy atom. The van der Waals surface area contributed by atoms with Crippen LogP contribution >= 0.6 is 11.3 Å². The van der Waals surface area contributed by atoms with E-state index in [1.54, 1.807) is 18.4 Å². The lowest BCUT2D eigenvalue weighted by Gasteiger charge is -2.07. The summed E-state index contributed by atoms with van der Waals surface area (Å²) in [5, 5.41) is 8.16. The number of nitrogens with two attached hydrogens (primary N) is 1. The summed E-state index contributed by atoms with van der Waals surface area (Å²) in [6.45, 7) is 0.767. The average Bonchev–Trinajstić information content (AvgIpc) is 2.81. The summed E-state index contributed by atoms with van der Waals surface area (Å²) in [5.41, 5.74) is 8.50. The van der Waals surface area contributed by atoms with Gasteiger partial charge in [0.05, 0.1) is 11.2 Å². The van der Waals surface area contributed by atoms with Crippen LogP contribution in [0.2, 0.25) is 0 Å². The lowest BCUT2D eigenvalue weighted by molar-refractivity contribution is 0.966. The number of rotatable bonds is 5. The maximum atomic E-state index is 5.59. The summed E-state index contributed by atoms with van der Waals surface area (Å²) in [7, 11) is 1.79. The van der Waals surface area contributed by atoms with Crippen molar-refractivity contribution in [2.75, 3.05) is 30.0 Å². The third-order valence-corrected chi connectivity index (χ3v) is 2.81. The van der Waals surface area contributed by atoms with Crippen LogP contribution in [0.5, 0.6) is 0 Å². The molecular formula is C10H14N6S. The molecule has 0 saturated carbocycles. The molecule has 7 heteroatoms. The molecule has 6 nitrogen and oxygen atoms in total. The first-order chi connectivity index (χ1) is 8.28. The van der Waals surface area contributed by atoms with Gasteiger partial charge >= 0.3 is 0 Å². The van der Waals surface area contributed by atoms with Crippen LogP contribution in [0.1, 0.15) is 5.69 Å². The minimum Gasteiger partial charge on any atom is -0.373 e. The third-order valence-electron chi connectivity index (χ3n) is 2.17. The van der Waals surface area contributed by atoms with E-state index in [0.29, 0.717) is 5.82 Å². The van der Waals surface area contributed by atoms with Gasteiger partial charge in [-0.1, -0.05) is 0 Å². The van der Waals surface area contributed by atoms with Crippen molar-refractivity contribution in [1.82, 2.24) is 15.0 Å². The molecule has 0 aliphatic carbocycles. The van der Waals surface area contributed by atoms with Crippen molar-refractivity contribution in [3.05, 3.63) is 22.7 Å². The fourth-order valence-electron chi connectivity index (χ4n) is 1.36. The van der Waals surface area contributed by atoms with Crippen molar-refractivity contribution in [3.63, 3.8) is 0 Å². The zero-order valence-corrected chi connectivity index (χ0v) is 10.3. The number of aromatic nitrogens is 3. The van der Waals surface area contributed by atoms with Crippen LogP contribution in [0.4, 0.5) is 17.6 Å². The second-order valence-electron chi connectivity index (χ2n) is 3.40. The number of anilines is 3. The minimum atomic E-state index is 0.257. The molecule has 2 rings (SSSR count). The molecule has 0 spiro atoms. The van der Waals surface area contributed by atoms with Crippen molar-refractivity contribution in [2.45, 2.75) is 6.42 Å². The molecule has 0 unspecified atom stereocenters. The lowest BCUT2D eigenvalue weighted by atomic mass is 10.3. The van der Waals surface area contributed by atoms with Crippen LogP contribution in [-0.4, -0.2) is 28.5 Å². The Morgan fingerprint density at radius 3 is 2.88 bits per heavy atom. The maximum Gasteiger partial charge on any atom is 0.223 e. The highest BCUT2D eigenvalue weighted by Gasteiger charge is 2.01. The van der Waals surface area contributed by atoms with Crippen molar-refractivity contribution >= 4 is 28.9 Å². The summed E-state index contributed by atoms with van der Waals surface area (Å²) in [4.78, 5) is 12.3. The molecule has 17 heavy (non-hydrogen) atoms. The van der Waals surface area contributed by atoms with Crippen LogP contribution in [0.25, 0.3) is 0 Å². The highest BCUT2D eigenvalue weighted by atomic mass is 32.1. The van der Waals surface area contributed by atoms with E-state index in [2.05, 4.69) is 25.6 Å². The third kappa shape index (κ3) is 3.28. The Labute approximate surface area is 103 Å². The predicted molar refractivity (Wildman–Crippen MR) is 70.3 cm³/mol. The van der Waals surface area contributed by atoms with Gasteiger partial charge in [0.15, 0.2) is 0 Å². The quantitative estimate of drug-likeness (QED) is 0.739. The zero-order valence-electron chi connectivity index (χ0n) is 9.47. The fraction of sp³-hybridized carbons (Fsp3) is 0.300. The molecule has 0 aliphatic heterocycles. The van der Waals surface area contributed by atoms with Crippen molar-refractivity contribution in [3.8, 4) is 0 Å². The number of thiazole rings is 1.